The van der Waals surface area contributed by atoms with Crippen LogP contribution in [0.2, 0.25) is 0 Å². The largest absolute Gasteiger partial charge is 0.363 e. The molecule has 0 spiro atoms. The van der Waals surface area contributed by atoms with Gasteiger partial charge in [0, 0.05) is 30.3 Å². The highest BCUT2D eigenvalue weighted by atomic mass is 16.6. The highest BCUT2D eigenvalue weighted by Crippen LogP contribution is 2.22. The molecule has 0 radical (unpaired) electrons. The summed E-state index contributed by atoms with van der Waals surface area (Å²) in [6, 6.07) is 4.66. The van der Waals surface area contributed by atoms with E-state index in [-0.39, 0.29) is 11.7 Å². The number of aromatic nitrogens is 2. The molecule has 0 aromatic carbocycles. The summed E-state index contributed by atoms with van der Waals surface area (Å²) in [5.41, 5.74) is 1.52. The molecule has 2 N–H and O–H groups in total. The van der Waals surface area contributed by atoms with Crippen molar-refractivity contribution < 1.29 is 9.72 Å². The lowest BCUT2D eigenvalue weighted by Crippen LogP contribution is -2.05. The Morgan fingerprint density at radius 1 is 1.44 bits per heavy atom. The SMILES string of the molecule is CC(=O)Nc1cc(-c2ccc([N+](=O)[O-])nc2)c[nH]1. The number of amides is 1. The van der Waals surface area contributed by atoms with Crippen molar-refractivity contribution >= 4 is 17.5 Å². The summed E-state index contributed by atoms with van der Waals surface area (Å²) in [5, 5.41) is 13.1. The van der Waals surface area contributed by atoms with Gasteiger partial charge in [0.15, 0.2) is 0 Å². The van der Waals surface area contributed by atoms with E-state index >= 15 is 0 Å². The summed E-state index contributed by atoms with van der Waals surface area (Å²) in [6.07, 6.45) is 3.10. The summed E-state index contributed by atoms with van der Waals surface area (Å²) in [6.45, 7) is 1.41. The molecule has 0 aliphatic rings. The minimum absolute atomic E-state index is 0.176. The number of nitrogens with one attached hydrogen (secondary N) is 2. The first-order chi connectivity index (χ1) is 8.56. The first kappa shape index (κ1) is 11.8. The molecule has 2 aromatic heterocycles. The number of rotatable bonds is 3. The van der Waals surface area contributed by atoms with Crippen molar-refractivity contribution in [3.63, 3.8) is 0 Å². The van der Waals surface area contributed by atoms with Crippen LogP contribution in [0.4, 0.5) is 11.6 Å². The van der Waals surface area contributed by atoms with Crippen LogP contribution in [0.1, 0.15) is 6.92 Å². The molecule has 0 aliphatic heterocycles. The van der Waals surface area contributed by atoms with Crippen molar-refractivity contribution in [2.45, 2.75) is 6.92 Å². The number of H-pyrrole nitrogens is 1. The maximum Gasteiger partial charge on any atom is 0.363 e. The summed E-state index contributed by atoms with van der Waals surface area (Å²) in [7, 11) is 0. The van der Waals surface area contributed by atoms with Gasteiger partial charge in [0.1, 0.15) is 12.0 Å². The number of carbonyl (C=O) groups is 1. The van der Waals surface area contributed by atoms with E-state index in [0.29, 0.717) is 5.82 Å². The summed E-state index contributed by atoms with van der Waals surface area (Å²) in [4.78, 5) is 27.4. The van der Waals surface area contributed by atoms with Crippen LogP contribution in [0.5, 0.6) is 0 Å². The van der Waals surface area contributed by atoms with Crippen LogP contribution in [-0.2, 0) is 4.79 Å². The van der Waals surface area contributed by atoms with Crippen molar-refractivity contribution in [1.82, 2.24) is 9.97 Å². The zero-order valence-electron chi connectivity index (χ0n) is 9.51. The zero-order chi connectivity index (χ0) is 13.1. The van der Waals surface area contributed by atoms with Gasteiger partial charge in [-0.1, -0.05) is 0 Å². The Labute approximate surface area is 102 Å². The van der Waals surface area contributed by atoms with Crippen LogP contribution < -0.4 is 5.32 Å². The molecule has 2 rings (SSSR count). The average molecular weight is 246 g/mol. The molecule has 2 aromatic rings. The van der Waals surface area contributed by atoms with Gasteiger partial charge in [0.25, 0.3) is 0 Å². The van der Waals surface area contributed by atoms with Gasteiger partial charge >= 0.3 is 5.82 Å². The van der Waals surface area contributed by atoms with Crippen molar-refractivity contribution in [3.05, 3.63) is 40.7 Å². The topological polar surface area (TPSA) is 101 Å². The molecule has 0 atom stereocenters. The molecule has 7 heteroatoms. The van der Waals surface area contributed by atoms with Gasteiger partial charge < -0.3 is 20.4 Å². The van der Waals surface area contributed by atoms with Gasteiger partial charge in [-0.3, -0.25) is 4.79 Å². The van der Waals surface area contributed by atoms with Crippen LogP contribution in [0.15, 0.2) is 30.6 Å². The van der Waals surface area contributed by atoms with E-state index in [1.54, 1.807) is 18.3 Å². The lowest BCUT2D eigenvalue weighted by Gasteiger charge is -1.96. The van der Waals surface area contributed by atoms with E-state index in [1.165, 1.54) is 19.2 Å². The monoisotopic (exact) mass is 246 g/mol. The van der Waals surface area contributed by atoms with Crippen molar-refractivity contribution in [1.29, 1.82) is 0 Å². The lowest BCUT2D eigenvalue weighted by molar-refractivity contribution is -0.389. The molecule has 0 unspecified atom stereocenters. The van der Waals surface area contributed by atoms with E-state index in [9.17, 15) is 14.9 Å². The van der Waals surface area contributed by atoms with E-state index in [1.807, 2.05) is 0 Å². The number of carbonyl (C=O) groups excluding carboxylic acids is 1. The second kappa shape index (κ2) is 4.66. The van der Waals surface area contributed by atoms with Gasteiger partial charge in [-0.05, 0) is 22.0 Å². The van der Waals surface area contributed by atoms with E-state index < -0.39 is 4.92 Å². The molecule has 18 heavy (non-hydrogen) atoms. The van der Waals surface area contributed by atoms with E-state index in [0.717, 1.165) is 11.1 Å². The number of hydrogen-bond acceptors (Lipinski definition) is 4. The predicted octanol–water partition coefficient (Wildman–Crippen LogP) is 1.94. The van der Waals surface area contributed by atoms with Gasteiger partial charge in [0.05, 0.1) is 0 Å². The molecule has 2 heterocycles. The minimum Gasteiger partial charge on any atom is -0.358 e. The molecule has 0 aliphatic carbocycles. The molecule has 7 nitrogen and oxygen atoms in total. The van der Waals surface area contributed by atoms with Crippen LogP contribution in [0.25, 0.3) is 11.1 Å². The molecular weight excluding hydrogens is 236 g/mol. The van der Waals surface area contributed by atoms with E-state index in [4.69, 9.17) is 0 Å². The highest BCUT2D eigenvalue weighted by molar-refractivity contribution is 5.88. The second-order valence-electron chi connectivity index (χ2n) is 3.65. The Bertz CT molecular complexity index is 589. The number of hydrogen-bond donors (Lipinski definition) is 2. The van der Waals surface area contributed by atoms with Gasteiger partial charge in [-0.25, -0.2) is 0 Å². The number of nitrogens with zero attached hydrogens (tertiary/aromatic N) is 2. The molecule has 0 fully saturated rings. The normalized spacial score (nSPS) is 10.1. The quantitative estimate of drug-likeness (QED) is 0.638. The summed E-state index contributed by atoms with van der Waals surface area (Å²) in [5.74, 6) is 0.192. The Kier molecular flexibility index (Phi) is 3.05. The number of aromatic amines is 1. The third kappa shape index (κ3) is 2.51. The van der Waals surface area contributed by atoms with Crippen LogP contribution in [0, 0.1) is 10.1 Å². The molecule has 1 amide bonds. The average Bonchev–Trinajstić information content (AvgIpc) is 2.76. The van der Waals surface area contributed by atoms with Gasteiger partial charge in [-0.2, -0.15) is 0 Å². The molecular formula is C11H10N4O3. The Morgan fingerprint density at radius 2 is 2.22 bits per heavy atom. The fourth-order valence-corrected chi connectivity index (χ4v) is 1.49. The third-order valence-electron chi connectivity index (χ3n) is 2.26. The number of pyridine rings is 1. The highest BCUT2D eigenvalue weighted by Gasteiger charge is 2.09. The van der Waals surface area contributed by atoms with Gasteiger partial charge in [-0.15, -0.1) is 0 Å². The van der Waals surface area contributed by atoms with Crippen molar-refractivity contribution in [2.75, 3.05) is 5.32 Å². The number of anilines is 1. The van der Waals surface area contributed by atoms with Crippen LogP contribution >= 0.6 is 0 Å². The lowest BCUT2D eigenvalue weighted by atomic mass is 10.1. The Balaban J connectivity index is 2.23. The van der Waals surface area contributed by atoms with Gasteiger partial charge in [0.2, 0.25) is 5.91 Å². The maximum atomic E-state index is 10.9. The number of nitro groups is 1. The molecule has 0 saturated carbocycles. The standard InChI is InChI=1S/C11H10N4O3/c1-7(16)14-10-4-9(6-12-10)8-2-3-11(13-5-8)15(17)18/h2-6,12H,1H3,(H,14,16). The molecule has 92 valence electrons. The van der Waals surface area contributed by atoms with Crippen molar-refractivity contribution in [3.8, 4) is 11.1 Å². The molecule has 0 saturated heterocycles. The minimum atomic E-state index is -0.552. The fourth-order valence-electron chi connectivity index (χ4n) is 1.49. The van der Waals surface area contributed by atoms with Crippen molar-refractivity contribution in [2.24, 2.45) is 0 Å². The first-order valence-electron chi connectivity index (χ1n) is 5.13. The Hall–Kier alpha value is -2.70. The third-order valence-corrected chi connectivity index (χ3v) is 2.26. The van der Waals surface area contributed by atoms with Crippen LogP contribution in [-0.4, -0.2) is 20.8 Å². The molecule has 0 bridgehead atoms. The smallest absolute Gasteiger partial charge is 0.358 e. The second-order valence-corrected chi connectivity index (χ2v) is 3.65. The Morgan fingerprint density at radius 3 is 2.78 bits per heavy atom. The van der Waals surface area contributed by atoms with Crippen LogP contribution in [0.3, 0.4) is 0 Å². The predicted molar refractivity (Wildman–Crippen MR) is 65.0 cm³/mol. The fraction of sp³-hybridized carbons (Fsp3) is 0.0909. The summed E-state index contributed by atoms with van der Waals surface area (Å²) < 4.78 is 0. The summed E-state index contributed by atoms with van der Waals surface area (Å²) >= 11 is 0. The first-order valence-corrected chi connectivity index (χ1v) is 5.13. The maximum absolute atomic E-state index is 10.9. The zero-order valence-corrected chi connectivity index (χ0v) is 9.51. The van der Waals surface area contributed by atoms with E-state index in [2.05, 4.69) is 15.3 Å².